The van der Waals surface area contributed by atoms with Crippen LogP contribution in [0.5, 0.6) is 0 Å². The summed E-state index contributed by atoms with van der Waals surface area (Å²) in [6.45, 7) is 7.90. The number of pyridine rings is 1. The number of hydrogen-bond donors (Lipinski definition) is 0. The minimum absolute atomic E-state index is 0.0158. The van der Waals surface area contributed by atoms with E-state index >= 15 is 0 Å². The Bertz CT molecular complexity index is 809. The van der Waals surface area contributed by atoms with E-state index < -0.39 is 0 Å². The van der Waals surface area contributed by atoms with Crippen LogP contribution in [0.1, 0.15) is 66.5 Å². The molecule has 0 aliphatic heterocycles. The highest BCUT2D eigenvalue weighted by Gasteiger charge is 2.33. The molecule has 6 heteroatoms. The van der Waals surface area contributed by atoms with Crippen molar-refractivity contribution in [3.63, 3.8) is 0 Å². The van der Waals surface area contributed by atoms with Gasteiger partial charge >= 0.3 is 0 Å². The van der Waals surface area contributed by atoms with Crippen LogP contribution in [0.15, 0.2) is 24.5 Å². The number of rotatable bonds is 7. The Balaban J connectivity index is 1.73. The molecule has 3 rings (SSSR count). The summed E-state index contributed by atoms with van der Waals surface area (Å²) in [5.41, 5.74) is 3.32. The fourth-order valence-corrected chi connectivity index (χ4v) is 3.55. The van der Waals surface area contributed by atoms with Gasteiger partial charge in [-0.1, -0.05) is 0 Å². The normalized spacial score (nSPS) is 14.9. The summed E-state index contributed by atoms with van der Waals surface area (Å²) in [5, 5.41) is 4.51. The average molecular weight is 354 g/mol. The maximum absolute atomic E-state index is 13.0. The molecule has 1 aliphatic carbocycles. The van der Waals surface area contributed by atoms with E-state index in [1.165, 1.54) is 0 Å². The number of aromatic nitrogens is 3. The summed E-state index contributed by atoms with van der Waals surface area (Å²) in [6.07, 6.45) is 6.03. The molecule has 2 aromatic rings. The lowest BCUT2D eigenvalue weighted by molar-refractivity contribution is -0.133. The van der Waals surface area contributed by atoms with E-state index in [-0.39, 0.29) is 17.7 Å². The minimum Gasteiger partial charge on any atom is -0.335 e. The van der Waals surface area contributed by atoms with Crippen LogP contribution in [0.2, 0.25) is 0 Å². The van der Waals surface area contributed by atoms with Gasteiger partial charge in [0.2, 0.25) is 5.91 Å². The first-order chi connectivity index (χ1) is 12.4. The van der Waals surface area contributed by atoms with Crippen LogP contribution in [0.25, 0.3) is 0 Å². The second-order valence-corrected chi connectivity index (χ2v) is 7.21. The molecule has 2 heterocycles. The molecule has 0 spiro atoms. The molecule has 0 radical (unpaired) electrons. The van der Waals surface area contributed by atoms with Crippen molar-refractivity contribution >= 4 is 11.7 Å². The van der Waals surface area contributed by atoms with Crippen molar-refractivity contribution in [1.29, 1.82) is 0 Å². The first-order valence-electron chi connectivity index (χ1n) is 9.13. The molecular weight excluding hydrogens is 328 g/mol. The third-order valence-corrected chi connectivity index (χ3v) is 4.97. The number of ketones is 1. The van der Waals surface area contributed by atoms with E-state index in [0.29, 0.717) is 24.6 Å². The second-order valence-electron chi connectivity index (χ2n) is 7.21. The van der Waals surface area contributed by atoms with Gasteiger partial charge < -0.3 is 4.90 Å². The van der Waals surface area contributed by atoms with Crippen LogP contribution in [0.3, 0.4) is 0 Å². The summed E-state index contributed by atoms with van der Waals surface area (Å²) in [5.74, 6) is 0.149. The zero-order valence-corrected chi connectivity index (χ0v) is 15.9. The Morgan fingerprint density at radius 1 is 1.27 bits per heavy atom. The Hall–Kier alpha value is -2.50. The molecule has 138 valence electrons. The molecule has 26 heavy (non-hydrogen) atoms. The van der Waals surface area contributed by atoms with E-state index in [9.17, 15) is 9.59 Å². The molecule has 1 atom stereocenters. The van der Waals surface area contributed by atoms with E-state index in [4.69, 9.17) is 0 Å². The van der Waals surface area contributed by atoms with Crippen molar-refractivity contribution in [3.8, 4) is 0 Å². The van der Waals surface area contributed by atoms with Gasteiger partial charge in [0, 0.05) is 37.1 Å². The number of carbonyl (C=O) groups is 2. The highest BCUT2D eigenvalue weighted by molar-refractivity contribution is 5.96. The summed E-state index contributed by atoms with van der Waals surface area (Å²) in [4.78, 5) is 30.8. The van der Waals surface area contributed by atoms with Gasteiger partial charge in [-0.3, -0.25) is 19.3 Å². The fraction of sp³-hybridized carbons (Fsp3) is 0.500. The number of nitrogens with zero attached hydrogens (tertiary/aromatic N) is 4. The van der Waals surface area contributed by atoms with Crippen LogP contribution in [0.4, 0.5) is 0 Å². The molecule has 0 bridgehead atoms. The Kier molecular flexibility index (Phi) is 5.20. The van der Waals surface area contributed by atoms with Gasteiger partial charge in [0.1, 0.15) is 0 Å². The number of carbonyl (C=O) groups excluding carboxylic acids is 2. The van der Waals surface area contributed by atoms with Crippen molar-refractivity contribution in [3.05, 3.63) is 47.0 Å². The Morgan fingerprint density at radius 2 is 1.92 bits per heavy atom. The molecule has 2 aromatic heterocycles. The van der Waals surface area contributed by atoms with Gasteiger partial charge in [0.15, 0.2) is 5.78 Å². The van der Waals surface area contributed by atoms with Crippen molar-refractivity contribution in [1.82, 2.24) is 19.7 Å². The van der Waals surface area contributed by atoms with Crippen molar-refractivity contribution in [2.45, 2.75) is 65.6 Å². The summed E-state index contributed by atoms with van der Waals surface area (Å²) < 4.78 is 1.82. The van der Waals surface area contributed by atoms with Gasteiger partial charge in [-0.25, -0.2) is 0 Å². The first kappa shape index (κ1) is 18.3. The van der Waals surface area contributed by atoms with Crippen molar-refractivity contribution < 1.29 is 9.59 Å². The first-order valence-corrected chi connectivity index (χ1v) is 9.13. The Morgan fingerprint density at radius 3 is 2.46 bits per heavy atom. The molecular formula is C20H26N4O2. The van der Waals surface area contributed by atoms with E-state index in [0.717, 1.165) is 29.8 Å². The zero-order valence-electron chi connectivity index (χ0n) is 15.9. The van der Waals surface area contributed by atoms with Crippen LogP contribution in [-0.2, 0) is 11.3 Å². The van der Waals surface area contributed by atoms with Crippen LogP contribution >= 0.6 is 0 Å². The predicted octanol–water partition coefficient (Wildman–Crippen LogP) is 3.24. The van der Waals surface area contributed by atoms with Gasteiger partial charge in [0.05, 0.1) is 17.3 Å². The molecule has 0 N–H and O–H groups in total. The molecule has 1 amide bonds. The summed E-state index contributed by atoms with van der Waals surface area (Å²) in [6, 6.07) is 4.16. The smallest absolute Gasteiger partial charge is 0.225 e. The predicted molar refractivity (Wildman–Crippen MR) is 98.8 cm³/mol. The van der Waals surface area contributed by atoms with E-state index in [1.54, 1.807) is 19.3 Å². The van der Waals surface area contributed by atoms with Crippen molar-refractivity contribution in [2.75, 3.05) is 0 Å². The van der Waals surface area contributed by atoms with Gasteiger partial charge in [0.25, 0.3) is 0 Å². The number of Topliss-reactive ketones (excluding diaryl/α,β-unsaturated/α-hetero) is 1. The lowest BCUT2D eigenvalue weighted by atomic mass is 10.1. The molecule has 0 saturated heterocycles. The van der Waals surface area contributed by atoms with Gasteiger partial charge in [-0.15, -0.1) is 0 Å². The van der Waals surface area contributed by atoms with Crippen LogP contribution in [-0.4, -0.2) is 37.4 Å². The maximum atomic E-state index is 13.0. The molecule has 6 nitrogen and oxygen atoms in total. The summed E-state index contributed by atoms with van der Waals surface area (Å²) in [7, 11) is 0. The second kappa shape index (κ2) is 7.40. The van der Waals surface area contributed by atoms with Gasteiger partial charge in [-0.05, 0) is 58.2 Å². The highest BCUT2D eigenvalue weighted by atomic mass is 16.2. The van der Waals surface area contributed by atoms with Crippen LogP contribution < -0.4 is 0 Å². The van der Waals surface area contributed by atoms with E-state index in [1.807, 2.05) is 42.5 Å². The largest absolute Gasteiger partial charge is 0.335 e. The molecule has 1 saturated carbocycles. The molecule has 0 aromatic carbocycles. The number of aryl methyl sites for hydroxylation is 1. The SMILES string of the molecule is CC(=O)c1c(C)nn(C(C)CC(=O)N(Cc2ccncc2)C2CC2)c1C. The van der Waals surface area contributed by atoms with Crippen LogP contribution in [0, 0.1) is 13.8 Å². The lowest BCUT2D eigenvalue weighted by Gasteiger charge is -2.25. The minimum atomic E-state index is -0.0898. The third-order valence-electron chi connectivity index (χ3n) is 4.97. The average Bonchev–Trinajstić information content (AvgIpc) is 3.38. The lowest BCUT2D eigenvalue weighted by Crippen LogP contribution is -2.34. The standard InChI is InChI=1S/C20H26N4O2/c1-13(24-15(3)20(16(4)25)14(2)22-24)11-19(26)23(18-5-6-18)12-17-7-9-21-10-8-17/h7-10,13,18H,5-6,11-12H2,1-4H3. The monoisotopic (exact) mass is 354 g/mol. The number of amides is 1. The van der Waals surface area contributed by atoms with E-state index in [2.05, 4.69) is 10.1 Å². The number of hydrogen-bond acceptors (Lipinski definition) is 4. The third kappa shape index (κ3) is 3.84. The van der Waals surface area contributed by atoms with Crippen molar-refractivity contribution in [2.24, 2.45) is 0 Å². The van der Waals surface area contributed by atoms with Gasteiger partial charge in [-0.2, -0.15) is 5.10 Å². The Labute approximate surface area is 154 Å². The quantitative estimate of drug-likeness (QED) is 0.716. The molecule has 1 aliphatic rings. The zero-order chi connectivity index (χ0) is 18.8. The molecule has 1 unspecified atom stereocenters. The maximum Gasteiger partial charge on any atom is 0.225 e. The topological polar surface area (TPSA) is 68.1 Å². The summed E-state index contributed by atoms with van der Waals surface area (Å²) >= 11 is 0. The fourth-order valence-electron chi connectivity index (χ4n) is 3.55. The highest BCUT2D eigenvalue weighted by Crippen LogP contribution is 2.30. The molecule has 1 fully saturated rings.